The van der Waals surface area contributed by atoms with Gasteiger partial charge in [-0.25, -0.2) is 0 Å². The fraction of sp³-hybridized carbons (Fsp3) is 0.611. The zero-order valence-electron chi connectivity index (χ0n) is 13.6. The van der Waals surface area contributed by atoms with Gasteiger partial charge in [-0.15, -0.1) is 0 Å². The van der Waals surface area contributed by atoms with Crippen LogP contribution in [0.1, 0.15) is 38.3 Å². The Bertz CT molecular complexity index is 586. The summed E-state index contributed by atoms with van der Waals surface area (Å²) in [6.45, 7) is 8.13. The largest absolute Gasteiger partial charge is 0.508 e. The van der Waals surface area contributed by atoms with E-state index in [0.29, 0.717) is 30.9 Å². The first-order chi connectivity index (χ1) is 10.5. The molecule has 1 heterocycles. The summed E-state index contributed by atoms with van der Waals surface area (Å²) in [6.07, 6.45) is 1.94. The van der Waals surface area contributed by atoms with Crippen LogP contribution in [0.4, 0.5) is 0 Å². The lowest BCUT2D eigenvalue weighted by Crippen LogP contribution is -2.58. The molecule has 0 aromatic heterocycles. The number of piperidine rings is 1. The first-order valence-electron chi connectivity index (χ1n) is 8.17. The lowest BCUT2D eigenvalue weighted by molar-refractivity contribution is -0.146. The van der Waals surface area contributed by atoms with E-state index in [9.17, 15) is 9.90 Å². The molecule has 4 nitrogen and oxygen atoms in total. The molecule has 1 aliphatic carbocycles. The fourth-order valence-electron chi connectivity index (χ4n) is 4.26. The molecule has 1 aromatic rings. The topological polar surface area (TPSA) is 49.8 Å². The SMILES string of the molecule is CCOC(=O)CN1CC[C@@]2(C)c3cc(O)ccc3C[C@@H]1[C@@H]2C. The normalized spacial score (nSPS) is 30.7. The summed E-state index contributed by atoms with van der Waals surface area (Å²) in [5.41, 5.74) is 2.66. The Morgan fingerprint density at radius 3 is 3.00 bits per heavy atom. The van der Waals surface area contributed by atoms with Gasteiger partial charge >= 0.3 is 5.97 Å². The number of benzene rings is 1. The monoisotopic (exact) mass is 303 g/mol. The van der Waals surface area contributed by atoms with E-state index in [2.05, 4.69) is 18.7 Å². The van der Waals surface area contributed by atoms with Gasteiger partial charge in [-0.1, -0.05) is 19.9 Å². The van der Waals surface area contributed by atoms with Gasteiger partial charge in [0.1, 0.15) is 5.75 Å². The lowest BCUT2D eigenvalue weighted by Gasteiger charge is -2.54. The second kappa shape index (κ2) is 5.58. The number of rotatable bonds is 3. The molecule has 4 heteroatoms. The molecule has 22 heavy (non-hydrogen) atoms. The number of phenolic OH excluding ortho intramolecular Hbond substituents is 1. The van der Waals surface area contributed by atoms with Crippen molar-refractivity contribution in [3.63, 3.8) is 0 Å². The highest BCUT2D eigenvalue weighted by Gasteiger charge is 2.48. The zero-order chi connectivity index (χ0) is 15.9. The number of ether oxygens (including phenoxy) is 1. The average molecular weight is 303 g/mol. The van der Waals surface area contributed by atoms with Crippen molar-refractivity contribution in [3.8, 4) is 5.75 Å². The molecule has 2 aliphatic rings. The van der Waals surface area contributed by atoms with Gasteiger partial charge in [0.05, 0.1) is 13.2 Å². The van der Waals surface area contributed by atoms with E-state index >= 15 is 0 Å². The van der Waals surface area contributed by atoms with Crippen LogP contribution in [0.3, 0.4) is 0 Å². The molecule has 0 spiro atoms. The van der Waals surface area contributed by atoms with E-state index in [1.54, 1.807) is 6.07 Å². The van der Waals surface area contributed by atoms with Gasteiger partial charge in [0.25, 0.3) is 0 Å². The second-order valence-electron chi connectivity index (χ2n) is 6.84. The summed E-state index contributed by atoms with van der Waals surface area (Å²) in [4.78, 5) is 14.1. The van der Waals surface area contributed by atoms with E-state index in [-0.39, 0.29) is 11.4 Å². The molecule has 2 bridgehead atoms. The van der Waals surface area contributed by atoms with Gasteiger partial charge in [0.15, 0.2) is 0 Å². The number of hydrogen-bond acceptors (Lipinski definition) is 4. The highest BCUT2D eigenvalue weighted by Crippen LogP contribution is 2.49. The predicted octanol–water partition coefficient (Wildman–Crippen LogP) is 2.48. The van der Waals surface area contributed by atoms with Crippen molar-refractivity contribution < 1.29 is 14.6 Å². The molecule has 1 fully saturated rings. The highest BCUT2D eigenvalue weighted by atomic mass is 16.5. The molecule has 0 amide bonds. The average Bonchev–Trinajstić information content (AvgIpc) is 2.47. The maximum Gasteiger partial charge on any atom is 0.320 e. The molecular formula is C18H25NO3. The molecule has 1 aliphatic heterocycles. The third kappa shape index (κ3) is 2.39. The number of esters is 1. The third-order valence-corrected chi connectivity index (χ3v) is 5.74. The van der Waals surface area contributed by atoms with Crippen LogP contribution in [0.5, 0.6) is 5.75 Å². The molecule has 0 saturated carbocycles. The quantitative estimate of drug-likeness (QED) is 0.872. The Kier molecular flexibility index (Phi) is 3.89. The van der Waals surface area contributed by atoms with Crippen molar-refractivity contribution in [1.82, 2.24) is 4.90 Å². The maximum atomic E-state index is 11.9. The van der Waals surface area contributed by atoms with Crippen LogP contribution in [0.2, 0.25) is 0 Å². The molecular weight excluding hydrogens is 278 g/mol. The van der Waals surface area contributed by atoms with Crippen molar-refractivity contribution in [1.29, 1.82) is 0 Å². The first-order valence-corrected chi connectivity index (χ1v) is 8.17. The smallest absolute Gasteiger partial charge is 0.320 e. The number of aromatic hydroxyl groups is 1. The Morgan fingerprint density at radius 1 is 1.50 bits per heavy atom. The second-order valence-corrected chi connectivity index (χ2v) is 6.84. The van der Waals surface area contributed by atoms with Crippen LogP contribution in [0, 0.1) is 5.92 Å². The van der Waals surface area contributed by atoms with E-state index in [1.165, 1.54) is 11.1 Å². The van der Waals surface area contributed by atoms with Crippen LogP contribution >= 0.6 is 0 Å². The zero-order valence-corrected chi connectivity index (χ0v) is 13.6. The molecule has 1 saturated heterocycles. The minimum Gasteiger partial charge on any atom is -0.508 e. The van der Waals surface area contributed by atoms with Crippen molar-refractivity contribution in [2.75, 3.05) is 19.7 Å². The molecule has 1 N–H and O–H groups in total. The third-order valence-electron chi connectivity index (χ3n) is 5.74. The lowest BCUT2D eigenvalue weighted by atomic mass is 9.59. The van der Waals surface area contributed by atoms with Crippen LogP contribution < -0.4 is 0 Å². The summed E-state index contributed by atoms with van der Waals surface area (Å²) in [6, 6.07) is 6.10. The van der Waals surface area contributed by atoms with E-state index in [4.69, 9.17) is 4.74 Å². The van der Waals surface area contributed by atoms with Gasteiger partial charge in [-0.2, -0.15) is 0 Å². The molecule has 3 rings (SSSR count). The highest BCUT2D eigenvalue weighted by molar-refractivity contribution is 5.71. The van der Waals surface area contributed by atoms with Gasteiger partial charge in [0.2, 0.25) is 0 Å². The van der Waals surface area contributed by atoms with Gasteiger partial charge in [-0.3, -0.25) is 9.69 Å². The van der Waals surface area contributed by atoms with E-state index in [0.717, 1.165) is 19.4 Å². The van der Waals surface area contributed by atoms with Crippen molar-refractivity contribution in [2.45, 2.75) is 45.1 Å². The number of likely N-dealkylation sites (tertiary alicyclic amines) is 1. The number of carbonyl (C=O) groups excluding carboxylic acids is 1. The minimum atomic E-state index is -0.130. The number of hydrogen-bond donors (Lipinski definition) is 1. The molecule has 1 aromatic carbocycles. The molecule has 0 radical (unpaired) electrons. The van der Waals surface area contributed by atoms with Crippen LogP contribution in [0.15, 0.2) is 18.2 Å². The molecule has 3 atom stereocenters. The van der Waals surface area contributed by atoms with Gasteiger partial charge in [-0.05, 0) is 60.9 Å². The van der Waals surface area contributed by atoms with Crippen LogP contribution in [-0.4, -0.2) is 41.7 Å². The van der Waals surface area contributed by atoms with Crippen molar-refractivity contribution in [2.24, 2.45) is 5.92 Å². The maximum absolute atomic E-state index is 11.9. The Hall–Kier alpha value is -1.55. The molecule has 120 valence electrons. The summed E-state index contributed by atoms with van der Waals surface area (Å²) >= 11 is 0. The standard InChI is InChI=1S/C18H25NO3/c1-4-22-17(21)11-19-8-7-18(3)12(2)16(19)9-13-5-6-14(20)10-15(13)18/h5-6,10,12,16,20H,4,7-9,11H2,1-3H3/t12-,16+,18+/m0/s1. The van der Waals surface area contributed by atoms with Crippen LogP contribution in [0.25, 0.3) is 0 Å². The number of phenols is 1. The van der Waals surface area contributed by atoms with E-state index < -0.39 is 0 Å². The minimum absolute atomic E-state index is 0.0716. The Labute approximate surface area is 132 Å². The summed E-state index contributed by atoms with van der Waals surface area (Å²) in [5, 5.41) is 9.84. The summed E-state index contributed by atoms with van der Waals surface area (Å²) in [7, 11) is 0. The van der Waals surface area contributed by atoms with Gasteiger partial charge in [0, 0.05) is 6.04 Å². The number of carbonyl (C=O) groups is 1. The van der Waals surface area contributed by atoms with Gasteiger partial charge < -0.3 is 9.84 Å². The number of nitrogens with zero attached hydrogens (tertiary/aromatic N) is 1. The van der Waals surface area contributed by atoms with E-state index in [1.807, 2.05) is 19.1 Å². The Balaban J connectivity index is 1.89. The number of fused-ring (bicyclic) bond motifs is 4. The fourth-order valence-corrected chi connectivity index (χ4v) is 4.26. The molecule has 0 unspecified atom stereocenters. The van der Waals surface area contributed by atoms with Crippen molar-refractivity contribution in [3.05, 3.63) is 29.3 Å². The Morgan fingerprint density at radius 2 is 2.27 bits per heavy atom. The van der Waals surface area contributed by atoms with Crippen molar-refractivity contribution >= 4 is 5.97 Å². The van der Waals surface area contributed by atoms with Crippen LogP contribution in [-0.2, 0) is 21.4 Å². The summed E-state index contributed by atoms with van der Waals surface area (Å²) in [5.74, 6) is 0.666. The first kappa shape index (κ1) is 15.3. The summed E-state index contributed by atoms with van der Waals surface area (Å²) < 4.78 is 5.11. The predicted molar refractivity (Wildman–Crippen MR) is 84.9 cm³/mol.